The lowest BCUT2D eigenvalue weighted by molar-refractivity contribution is 0.282. The Morgan fingerprint density at radius 2 is 2.15 bits per heavy atom. The van der Waals surface area contributed by atoms with Gasteiger partial charge in [0.1, 0.15) is 0 Å². The molecule has 0 atom stereocenters. The van der Waals surface area contributed by atoms with Gasteiger partial charge in [-0.1, -0.05) is 0 Å². The zero-order valence-corrected chi connectivity index (χ0v) is 8.33. The van der Waals surface area contributed by atoms with E-state index >= 15 is 0 Å². The van der Waals surface area contributed by atoms with Crippen molar-refractivity contribution < 1.29 is 5.11 Å². The van der Waals surface area contributed by atoms with Crippen LogP contribution in [0, 0.1) is 0 Å². The van der Waals surface area contributed by atoms with Crippen LogP contribution in [-0.4, -0.2) is 15.6 Å². The molecular formula is C10H16N2O. The van der Waals surface area contributed by atoms with E-state index in [0.29, 0.717) is 0 Å². The smallest absolute Gasteiger partial charge is 0.0717 e. The third-order valence-corrected chi connectivity index (χ3v) is 1.58. The van der Waals surface area contributed by atoms with Crippen LogP contribution < -0.4 is 5.32 Å². The molecule has 0 saturated heterocycles. The molecule has 72 valence electrons. The molecule has 1 aromatic rings. The molecule has 0 aliphatic rings. The Balaban J connectivity index is 2.87. The van der Waals surface area contributed by atoms with Gasteiger partial charge in [-0.15, -0.1) is 0 Å². The lowest BCUT2D eigenvalue weighted by atomic mass is 10.1. The summed E-state index contributed by atoms with van der Waals surface area (Å²) >= 11 is 0. The van der Waals surface area contributed by atoms with Crippen molar-refractivity contribution in [3.05, 3.63) is 24.0 Å². The maximum atomic E-state index is 9.04. The number of anilines is 1. The molecule has 0 aliphatic carbocycles. The molecule has 0 saturated carbocycles. The van der Waals surface area contributed by atoms with Crippen LogP contribution in [0.3, 0.4) is 0 Å². The molecule has 0 aliphatic heterocycles. The first-order valence-electron chi connectivity index (χ1n) is 4.35. The van der Waals surface area contributed by atoms with Crippen LogP contribution in [0.4, 0.5) is 5.69 Å². The topological polar surface area (TPSA) is 45.2 Å². The minimum absolute atomic E-state index is 0.00523. The first kappa shape index (κ1) is 9.99. The van der Waals surface area contributed by atoms with E-state index in [4.69, 9.17) is 5.11 Å². The van der Waals surface area contributed by atoms with Crippen molar-refractivity contribution in [2.75, 3.05) is 5.32 Å². The number of rotatable bonds is 2. The number of hydrogen-bond acceptors (Lipinski definition) is 3. The van der Waals surface area contributed by atoms with Crippen molar-refractivity contribution in [3.8, 4) is 0 Å². The molecule has 13 heavy (non-hydrogen) atoms. The largest absolute Gasteiger partial charge is 0.392 e. The molecule has 1 rings (SSSR count). The molecule has 2 N–H and O–H groups in total. The number of aliphatic hydroxyl groups is 1. The normalized spacial score (nSPS) is 11.4. The van der Waals surface area contributed by atoms with Gasteiger partial charge in [-0.2, -0.15) is 0 Å². The summed E-state index contributed by atoms with van der Waals surface area (Å²) in [5.74, 6) is 0. The fourth-order valence-electron chi connectivity index (χ4n) is 1.08. The molecular weight excluding hydrogens is 164 g/mol. The maximum absolute atomic E-state index is 9.04. The number of aliphatic hydroxyl groups excluding tert-OH is 1. The Hall–Kier alpha value is -1.09. The van der Waals surface area contributed by atoms with E-state index in [-0.39, 0.29) is 12.1 Å². The SMILES string of the molecule is CC(C)(C)Nc1ccncc1CO. The molecule has 0 radical (unpaired) electrons. The monoisotopic (exact) mass is 180 g/mol. The molecule has 0 bridgehead atoms. The number of aromatic nitrogens is 1. The molecule has 0 aromatic carbocycles. The summed E-state index contributed by atoms with van der Waals surface area (Å²) in [6.45, 7) is 6.25. The van der Waals surface area contributed by atoms with E-state index in [1.165, 1.54) is 0 Å². The second-order valence-corrected chi connectivity index (χ2v) is 4.07. The van der Waals surface area contributed by atoms with Gasteiger partial charge < -0.3 is 10.4 Å². The van der Waals surface area contributed by atoms with Crippen LogP contribution in [0.25, 0.3) is 0 Å². The van der Waals surface area contributed by atoms with Crippen molar-refractivity contribution >= 4 is 5.69 Å². The summed E-state index contributed by atoms with van der Waals surface area (Å²) in [5.41, 5.74) is 1.79. The van der Waals surface area contributed by atoms with E-state index in [1.807, 2.05) is 6.07 Å². The van der Waals surface area contributed by atoms with Gasteiger partial charge in [-0.3, -0.25) is 4.98 Å². The van der Waals surface area contributed by atoms with Crippen LogP contribution in [0.1, 0.15) is 26.3 Å². The molecule has 1 heterocycles. The Bertz CT molecular complexity index is 278. The summed E-state index contributed by atoms with van der Waals surface area (Å²) in [5, 5.41) is 12.3. The van der Waals surface area contributed by atoms with E-state index in [9.17, 15) is 0 Å². The lowest BCUT2D eigenvalue weighted by Crippen LogP contribution is -2.26. The van der Waals surface area contributed by atoms with Crippen LogP contribution in [0.5, 0.6) is 0 Å². The fraction of sp³-hybridized carbons (Fsp3) is 0.500. The first-order chi connectivity index (χ1) is 6.03. The molecule has 0 unspecified atom stereocenters. The van der Waals surface area contributed by atoms with Gasteiger partial charge >= 0.3 is 0 Å². The molecule has 1 aromatic heterocycles. The predicted molar refractivity (Wildman–Crippen MR) is 53.5 cm³/mol. The fourth-order valence-corrected chi connectivity index (χ4v) is 1.08. The number of hydrogen-bond donors (Lipinski definition) is 2. The van der Waals surface area contributed by atoms with E-state index in [0.717, 1.165) is 11.3 Å². The summed E-state index contributed by atoms with van der Waals surface area (Å²) in [6, 6.07) is 1.87. The predicted octanol–water partition coefficient (Wildman–Crippen LogP) is 1.78. The number of nitrogens with zero attached hydrogens (tertiary/aromatic N) is 1. The lowest BCUT2D eigenvalue weighted by Gasteiger charge is -2.23. The van der Waals surface area contributed by atoms with Crippen molar-refractivity contribution in [1.82, 2.24) is 4.98 Å². The van der Waals surface area contributed by atoms with Crippen molar-refractivity contribution in [1.29, 1.82) is 0 Å². The molecule has 0 spiro atoms. The Morgan fingerprint density at radius 3 is 2.69 bits per heavy atom. The van der Waals surface area contributed by atoms with E-state index in [1.54, 1.807) is 12.4 Å². The average Bonchev–Trinajstić information content (AvgIpc) is 2.02. The summed E-state index contributed by atoms with van der Waals surface area (Å²) in [4.78, 5) is 3.95. The van der Waals surface area contributed by atoms with E-state index in [2.05, 4.69) is 31.1 Å². The highest BCUT2D eigenvalue weighted by Gasteiger charge is 2.11. The zero-order chi connectivity index (χ0) is 9.90. The van der Waals surface area contributed by atoms with Crippen LogP contribution in [-0.2, 0) is 6.61 Å². The zero-order valence-electron chi connectivity index (χ0n) is 8.33. The molecule has 0 amide bonds. The van der Waals surface area contributed by atoms with Crippen LogP contribution in [0.2, 0.25) is 0 Å². The Labute approximate surface area is 78.8 Å². The van der Waals surface area contributed by atoms with Gasteiger partial charge in [0, 0.05) is 29.2 Å². The standard InChI is InChI=1S/C10H16N2O/c1-10(2,3)12-9-4-5-11-6-8(9)7-13/h4-6,13H,7H2,1-3H3,(H,11,12). The van der Waals surface area contributed by atoms with Crippen molar-refractivity contribution in [2.24, 2.45) is 0 Å². The van der Waals surface area contributed by atoms with Gasteiger partial charge in [0.15, 0.2) is 0 Å². The summed E-state index contributed by atoms with van der Waals surface area (Å²) in [7, 11) is 0. The number of nitrogens with one attached hydrogen (secondary N) is 1. The first-order valence-corrected chi connectivity index (χ1v) is 4.35. The third-order valence-electron chi connectivity index (χ3n) is 1.58. The summed E-state index contributed by atoms with van der Waals surface area (Å²) < 4.78 is 0. The van der Waals surface area contributed by atoms with Gasteiger partial charge in [-0.05, 0) is 26.8 Å². The minimum Gasteiger partial charge on any atom is -0.392 e. The quantitative estimate of drug-likeness (QED) is 0.729. The molecule has 0 fully saturated rings. The average molecular weight is 180 g/mol. The second-order valence-electron chi connectivity index (χ2n) is 4.07. The van der Waals surface area contributed by atoms with E-state index < -0.39 is 0 Å². The molecule has 3 heteroatoms. The highest BCUT2D eigenvalue weighted by Crippen LogP contribution is 2.18. The van der Waals surface area contributed by atoms with Gasteiger partial charge in [0.05, 0.1) is 6.61 Å². The Kier molecular flexibility index (Phi) is 2.88. The minimum atomic E-state index is 0.00523. The van der Waals surface area contributed by atoms with Crippen molar-refractivity contribution in [3.63, 3.8) is 0 Å². The van der Waals surface area contributed by atoms with Gasteiger partial charge in [-0.25, -0.2) is 0 Å². The van der Waals surface area contributed by atoms with Crippen molar-refractivity contribution in [2.45, 2.75) is 32.9 Å². The Morgan fingerprint density at radius 1 is 1.46 bits per heavy atom. The molecule has 3 nitrogen and oxygen atoms in total. The maximum Gasteiger partial charge on any atom is 0.0717 e. The highest BCUT2D eigenvalue weighted by atomic mass is 16.3. The van der Waals surface area contributed by atoms with Gasteiger partial charge in [0.25, 0.3) is 0 Å². The number of pyridine rings is 1. The van der Waals surface area contributed by atoms with Gasteiger partial charge in [0.2, 0.25) is 0 Å². The highest BCUT2D eigenvalue weighted by molar-refractivity contribution is 5.50. The van der Waals surface area contributed by atoms with Crippen LogP contribution >= 0.6 is 0 Å². The van der Waals surface area contributed by atoms with Crippen LogP contribution in [0.15, 0.2) is 18.5 Å². The third kappa shape index (κ3) is 3.03. The second kappa shape index (κ2) is 3.75. The summed E-state index contributed by atoms with van der Waals surface area (Å²) in [6.07, 6.45) is 3.39.